The summed E-state index contributed by atoms with van der Waals surface area (Å²) in [5.41, 5.74) is 7.22. The van der Waals surface area contributed by atoms with Crippen molar-refractivity contribution in [3.8, 4) is 0 Å². The van der Waals surface area contributed by atoms with Gasteiger partial charge >= 0.3 is 0 Å². The molecule has 94 valence electrons. The number of thioether (sulfide) groups is 1. The molecule has 0 unspecified atom stereocenters. The van der Waals surface area contributed by atoms with E-state index in [0.29, 0.717) is 6.54 Å². The second-order valence-electron chi connectivity index (χ2n) is 3.83. The quantitative estimate of drug-likeness (QED) is 0.828. The molecule has 0 atom stereocenters. The molecule has 2 aromatic rings. The van der Waals surface area contributed by atoms with E-state index in [1.165, 1.54) is 6.92 Å². The van der Waals surface area contributed by atoms with Gasteiger partial charge in [-0.1, -0.05) is 0 Å². The summed E-state index contributed by atoms with van der Waals surface area (Å²) in [5.74, 6) is 0.771. The van der Waals surface area contributed by atoms with Crippen LogP contribution in [0.3, 0.4) is 0 Å². The highest BCUT2D eigenvalue weighted by Gasteiger charge is 2.07. The molecule has 0 saturated heterocycles. The second-order valence-corrected chi connectivity index (χ2v) is 4.97. The largest absolute Gasteiger partial charge is 0.330 e. The van der Waals surface area contributed by atoms with Gasteiger partial charge in [0.1, 0.15) is 0 Å². The maximum Gasteiger partial charge on any atom is 0.221 e. The van der Waals surface area contributed by atoms with Gasteiger partial charge in [-0.25, -0.2) is 0 Å². The van der Waals surface area contributed by atoms with E-state index >= 15 is 0 Å². The molecule has 2 rings (SSSR count). The number of rotatable bonds is 4. The molecule has 0 aliphatic heterocycles. The van der Waals surface area contributed by atoms with Crippen LogP contribution in [0.2, 0.25) is 0 Å². The van der Waals surface area contributed by atoms with Crippen molar-refractivity contribution in [3.63, 3.8) is 0 Å². The van der Waals surface area contributed by atoms with Crippen molar-refractivity contribution in [2.45, 2.75) is 11.8 Å². The van der Waals surface area contributed by atoms with Crippen LogP contribution in [0.25, 0.3) is 10.9 Å². The Bertz CT molecular complexity index is 571. The number of nitrogens with one attached hydrogen (secondary N) is 1. The molecule has 3 N–H and O–H groups in total. The first-order valence-corrected chi connectivity index (χ1v) is 6.69. The van der Waals surface area contributed by atoms with Gasteiger partial charge in [-0.05, 0) is 24.3 Å². The molecular formula is C13H15N3OS. The molecule has 0 aliphatic carbocycles. The van der Waals surface area contributed by atoms with Crippen LogP contribution in [0.15, 0.2) is 35.4 Å². The van der Waals surface area contributed by atoms with Crippen LogP contribution in [0.4, 0.5) is 5.69 Å². The number of fused-ring (bicyclic) bond motifs is 1. The van der Waals surface area contributed by atoms with Gasteiger partial charge in [0.25, 0.3) is 0 Å². The van der Waals surface area contributed by atoms with Crippen LogP contribution >= 0.6 is 11.8 Å². The van der Waals surface area contributed by atoms with E-state index in [2.05, 4.69) is 10.3 Å². The molecule has 4 nitrogen and oxygen atoms in total. The molecule has 1 aromatic carbocycles. The van der Waals surface area contributed by atoms with Gasteiger partial charge in [0.15, 0.2) is 0 Å². The molecule has 1 aromatic heterocycles. The third-order valence-corrected chi connectivity index (χ3v) is 3.50. The average Bonchev–Trinajstić information content (AvgIpc) is 2.37. The number of pyridine rings is 1. The van der Waals surface area contributed by atoms with E-state index in [4.69, 9.17) is 5.73 Å². The molecule has 0 aliphatic rings. The lowest BCUT2D eigenvalue weighted by molar-refractivity contribution is -0.114. The Balaban J connectivity index is 2.48. The van der Waals surface area contributed by atoms with Crippen molar-refractivity contribution in [2.75, 3.05) is 17.6 Å². The predicted molar refractivity (Wildman–Crippen MR) is 75.8 cm³/mol. The Morgan fingerprint density at radius 2 is 2.28 bits per heavy atom. The SMILES string of the molecule is CC(=O)Nc1ccc(SCCN)c2ncccc12. The second kappa shape index (κ2) is 5.84. The van der Waals surface area contributed by atoms with Crippen LogP contribution in [-0.2, 0) is 4.79 Å². The van der Waals surface area contributed by atoms with Crippen molar-refractivity contribution in [2.24, 2.45) is 5.73 Å². The highest BCUT2D eigenvalue weighted by Crippen LogP contribution is 2.30. The number of hydrogen-bond donors (Lipinski definition) is 2. The maximum absolute atomic E-state index is 11.2. The summed E-state index contributed by atoms with van der Waals surface area (Å²) in [5, 5.41) is 3.77. The van der Waals surface area contributed by atoms with Gasteiger partial charge in [0.05, 0.1) is 11.2 Å². The van der Waals surface area contributed by atoms with Gasteiger partial charge in [-0.2, -0.15) is 0 Å². The van der Waals surface area contributed by atoms with E-state index < -0.39 is 0 Å². The van der Waals surface area contributed by atoms with Crippen LogP contribution in [0, 0.1) is 0 Å². The monoisotopic (exact) mass is 261 g/mol. The van der Waals surface area contributed by atoms with Gasteiger partial charge in [0.2, 0.25) is 5.91 Å². The summed E-state index contributed by atoms with van der Waals surface area (Å²) in [6, 6.07) is 7.70. The summed E-state index contributed by atoms with van der Waals surface area (Å²) >= 11 is 1.68. The van der Waals surface area contributed by atoms with Crippen LogP contribution in [0.1, 0.15) is 6.92 Å². The lowest BCUT2D eigenvalue weighted by atomic mass is 10.2. The van der Waals surface area contributed by atoms with E-state index in [1.54, 1.807) is 18.0 Å². The molecule has 0 fully saturated rings. The van der Waals surface area contributed by atoms with Gasteiger partial charge in [-0.3, -0.25) is 9.78 Å². The first kappa shape index (κ1) is 12.9. The lowest BCUT2D eigenvalue weighted by Crippen LogP contribution is -2.06. The molecule has 1 heterocycles. The minimum absolute atomic E-state index is 0.0810. The van der Waals surface area contributed by atoms with Gasteiger partial charge < -0.3 is 11.1 Å². The Labute approximate surface area is 110 Å². The van der Waals surface area contributed by atoms with Crippen LogP contribution < -0.4 is 11.1 Å². The number of nitrogens with zero attached hydrogens (tertiary/aromatic N) is 1. The van der Waals surface area contributed by atoms with E-state index in [0.717, 1.165) is 27.2 Å². The minimum Gasteiger partial charge on any atom is -0.330 e. The summed E-state index contributed by atoms with van der Waals surface area (Å²) < 4.78 is 0. The fourth-order valence-corrected chi connectivity index (χ4v) is 2.53. The highest BCUT2D eigenvalue weighted by atomic mass is 32.2. The van der Waals surface area contributed by atoms with Gasteiger partial charge in [0, 0.05) is 35.7 Å². The number of anilines is 1. The van der Waals surface area contributed by atoms with Crippen LogP contribution in [-0.4, -0.2) is 23.2 Å². The average molecular weight is 261 g/mol. The number of hydrogen-bond acceptors (Lipinski definition) is 4. The zero-order valence-electron chi connectivity index (χ0n) is 10.1. The number of nitrogens with two attached hydrogens (primary N) is 1. The van der Waals surface area contributed by atoms with Crippen molar-refractivity contribution in [1.29, 1.82) is 0 Å². The third-order valence-electron chi connectivity index (χ3n) is 2.42. The molecular weight excluding hydrogens is 246 g/mol. The standard InChI is InChI=1S/C13H15N3OS/c1-9(17)16-11-4-5-12(18-8-6-14)13-10(11)3-2-7-15-13/h2-5,7H,6,8,14H2,1H3,(H,16,17). The Hall–Kier alpha value is -1.59. The maximum atomic E-state index is 11.2. The first-order valence-electron chi connectivity index (χ1n) is 5.70. The lowest BCUT2D eigenvalue weighted by Gasteiger charge is -2.10. The van der Waals surface area contributed by atoms with E-state index in [1.807, 2.05) is 24.3 Å². The molecule has 0 saturated carbocycles. The van der Waals surface area contributed by atoms with Crippen molar-refractivity contribution in [1.82, 2.24) is 4.98 Å². The zero-order chi connectivity index (χ0) is 13.0. The van der Waals surface area contributed by atoms with Crippen molar-refractivity contribution in [3.05, 3.63) is 30.5 Å². The summed E-state index contributed by atoms with van der Waals surface area (Å²) in [4.78, 5) is 16.6. The van der Waals surface area contributed by atoms with Crippen LogP contribution in [0.5, 0.6) is 0 Å². The molecule has 0 spiro atoms. The smallest absolute Gasteiger partial charge is 0.221 e. The predicted octanol–water partition coefficient (Wildman–Crippen LogP) is 2.24. The third kappa shape index (κ3) is 2.80. The Kier molecular flexibility index (Phi) is 4.17. The van der Waals surface area contributed by atoms with Gasteiger partial charge in [-0.15, -0.1) is 11.8 Å². The number of benzene rings is 1. The number of carbonyl (C=O) groups is 1. The zero-order valence-corrected chi connectivity index (χ0v) is 11.0. The highest BCUT2D eigenvalue weighted by molar-refractivity contribution is 7.99. The Morgan fingerprint density at radius 1 is 1.44 bits per heavy atom. The van der Waals surface area contributed by atoms with E-state index in [9.17, 15) is 4.79 Å². The molecule has 5 heteroatoms. The molecule has 0 radical (unpaired) electrons. The normalized spacial score (nSPS) is 10.6. The molecule has 0 bridgehead atoms. The summed E-state index contributed by atoms with van der Waals surface area (Å²) in [6.45, 7) is 2.13. The number of amides is 1. The number of carbonyl (C=O) groups excluding carboxylic acids is 1. The number of aromatic nitrogens is 1. The van der Waals surface area contributed by atoms with E-state index in [-0.39, 0.29) is 5.91 Å². The summed E-state index contributed by atoms with van der Waals surface area (Å²) in [7, 11) is 0. The topological polar surface area (TPSA) is 68.0 Å². The minimum atomic E-state index is -0.0810. The fraction of sp³-hybridized carbons (Fsp3) is 0.231. The fourth-order valence-electron chi connectivity index (χ4n) is 1.73. The first-order chi connectivity index (χ1) is 8.72. The summed E-state index contributed by atoms with van der Waals surface area (Å²) in [6.07, 6.45) is 1.76. The Morgan fingerprint density at radius 3 is 3.00 bits per heavy atom. The van der Waals surface area contributed by atoms with Crippen molar-refractivity contribution >= 4 is 34.3 Å². The van der Waals surface area contributed by atoms with Crippen molar-refractivity contribution < 1.29 is 4.79 Å². The molecule has 18 heavy (non-hydrogen) atoms. The molecule has 1 amide bonds.